The van der Waals surface area contributed by atoms with Crippen LogP contribution in [0.25, 0.3) is 0 Å². The fraction of sp³-hybridized carbons (Fsp3) is 0.176. The normalized spacial score (nSPS) is 10.8. The fourth-order valence-corrected chi connectivity index (χ4v) is 1.94. The summed E-state index contributed by atoms with van der Waals surface area (Å²) in [4.78, 5) is 11.8. The minimum Gasteiger partial charge on any atom is -0.504 e. The number of hydrazone groups is 1. The molecule has 2 aromatic carbocycles. The van der Waals surface area contributed by atoms with Crippen molar-refractivity contribution in [2.24, 2.45) is 5.10 Å². The minimum absolute atomic E-state index is 0.198. The SMILES string of the molecule is Cc1ccc(CC(=O)N/N=C\c2ccc(O)c(O)c2)cc1C. The van der Waals surface area contributed by atoms with Crippen LogP contribution in [0.5, 0.6) is 11.5 Å². The molecule has 0 radical (unpaired) electrons. The summed E-state index contributed by atoms with van der Waals surface area (Å²) in [6.07, 6.45) is 1.65. The monoisotopic (exact) mass is 298 g/mol. The third-order valence-electron chi connectivity index (χ3n) is 3.34. The molecule has 22 heavy (non-hydrogen) atoms. The van der Waals surface area contributed by atoms with E-state index in [0.29, 0.717) is 5.56 Å². The number of phenolic OH excluding ortho intramolecular Hbond substituents is 2. The largest absolute Gasteiger partial charge is 0.504 e. The standard InChI is InChI=1S/C17H18N2O3/c1-11-3-4-13(7-12(11)2)9-17(22)19-18-10-14-5-6-15(20)16(21)8-14/h3-8,10,20-21H,9H2,1-2H3,(H,19,22)/b18-10-. The van der Waals surface area contributed by atoms with Gasteiger partial charge in [0, 0.05) is 0 Å². The van der Waals surface area contributed by atoms with Gasteiger partial charge >= 0.3 is 0 Å². The first-order valence-electron chi connectivity index (χ1n) is 6.85. The molecule has 0 spiro atoms. The highest BCUT2D eigenvalue weighted by molar-refractivity contribution is 5.84. The highest BCUT2D eigenvalue weighted by Gasteiger charge is 2.03. The summed E-state index contributed by atoms with van der Waals surface area (Å²) in [5.41, 5.74) is 6.27. The summed E-state index contributed by atoms with van der Waals surface area (Å²) >= 11 is 0. The number of nitrogens with zero attached hydrogens (tertiary/aromatic N) is 1. The van der Waals surface area contributed by atoms with Gasteiger partial charge in [0.1, 0.15) is 0 Å². The molecule has 0 saturated carbocycles. The van der Waals surface area contributed by atoms with E-state index in [1.54, 1.807) is 6.07 Å². The number of hydrogen-bond acceptors (Lipinski definition) is 4. The predicted molar refractivity (Wildman–Crippen MR) is 85.1 cm³/mol. The summed E-state index contributed by atoms with van der Waals surface area (Å²) in [5, 5.41) is 22.4. The number of hydrogen-bond donors (Lipinski definition) is 3. The number of benzene rings is 2. The Morgan fingerprint density at radius 2 is 1.86 bits per heavy atom. The number of phenols is 2. The smallest absolute Gasteiger partial charge is 0.244 e. The van der Waals surface area contributed by atoms with Gasteiger partial charge in [0.05, 0.1) is 12.6 Å². The van der Waals surface area contributed by atoms with Crippen molar-refractivity contribution >= 4 is 12.1 Å². The van der Waals surface area contributed by atoms with Crippen LogP contribution in [0.3, 0.4) is 0 Å². The number of amides is 1. The van der Waals surface area contributed by atoms with E-state index in [1.165, 1.54) is 23.9 Å². The van der Waals surface area contributed by atoms with Crippen LogP contribution in [0.2, 0.25) is 0 Å². The molecule has 0 unspecified atom stereocenters. The zero-order valence-electron chi connectivity index (χ0n) is 12.5. The molecule has 0 atom stereocenters. The van der Waals surface area contributed by atoms with Crippen molar-refractivity contribution < 1.29 is 15.0 Å². The molecule has 5 heteroatoms. The van der Waals surface area contributed by atoms with Crippen LogP contribution in [-0.4, -0.2) is 22.3 Å². The molecule has 5 nitrogen and oxygen atoms in total. The maximum absolute atomic E-state index is 11.8. The van der Waals surface area contributed by atoms with Crippen molar-refractivity contribution in [2.45, 2.75) is 20.3 Å². The molecule has 0 heterocycles. The van der Waals surface area contributed by atoms with Crippen molar-refractivity contribution in [3.8, 4) is 11.5 Å². The van der Waals surface area contributed by atoms with E-state index in [9.17, 15) is 15.0 Å². The van der Waals surface area contributed by atoms with Crippen molar-refractivity contribution in [3.05, 3.63) is 58.7 Å². The van der Waals surface area contributed by atoms with Crippen molar-refractivity contribution in [3.63, 3.8) is 0 Å². The highest BCUT2D eigenvalue weighted by atomic mass is 16.3. The molecule has 0 aliphatic heterocycles. The van der Waals surface area contributed by atoms with Crippen LogP contribution in [0, 0.1) is 13.8 Å². The second-order valence-corrected chi connectivity index (χ2v) is 5.14. The third-order valence-corrected chi connectivity index (χ3v) is 3.34. The Morgan fingerprint density at radius 1 is 1.09 bits per heavy atom. The lowest BCUT2D eigenvalue weighted by Crippen LogP contribution is -2.19. The quantitative estimate of drug-likeness (QED) is 0.460. The zero-order chi connectivity index (χ0) is 16.1. The van der Waals surface area contributed by atoms with E-state index in [-0.39, 0.29) is 23.8 Å². The van der Waals surface area contributed by atoms with E-state index in [4.69, 9.17) is 0 Å². The number of carbonyl (C=O) groups is 1. The van der Waals surface area contributed by atoms with Gasteiger partial charge in [-0.15, -0.1) is 0 Å². The van der Waals surface area contributed by atoms with Crippen LogP contribution in [-0.2, 0) is 11.2 Å². The number of aromatic hydroxyl groups is 2. The first kappa shape index (κ1) is 15.6. The average molecular weight is 298 g/mol. The number of aryl methyl sites for hydroxylation is 2. The molecule has 0 fully saturated rings. The lowest BCUT2D eigenvalue weighted by Gasteiger charge is -2.04. The van der Waals surface area contributed by atoms with Gasteiger partial charge in [-0.05, 0) is 54.3 Å². The molecule has 3 N–H and O–H groups in total. The number of carbonyl (C=O) groups excluding carboxylic acids is 1. The van der Waals surface area contributed by atoms with Crippen LogP contribution < -0.4 is 5.43 Å². The molecule has 0 saturated heterocycles. The van der Waals surface area contributed by atoms with Gasteiger partial charge in [-0.1, -0.05) is 18.2 Å². The second-order valence-electron chi connectivity index (χ2n) is 5.14. The molecule has 2 aromatic rings. The van der Waals surface area contributed by atoms with Crippen molar-refractivity contribution in [1.82, 2.24) is 5.43 Å². The Morgan fingerprint density at radius 3 is 2.55 bits per heavy atom. The van der Waals surface area contributed by atoms with Gasteiger partial charge in [0.15, 0.2) is 11.5 Å². The van der Waals surface area contributed by atoms with Crippen molar-refractivity contribution in [1.29, 1.82) is 0 Å². The third kappa shape index (κ3) is 4.09. The van der Waals surface area contributed by atoms with Crippen LogP contribution in [0.15, 0.2) is 41.5 Å². The van der Waals surface area contributed by atoms with E-state index in [1.807, 2.05) is 32.0 Å². The van der Waals surface area contributed by atoms with E-state index in [2.05, 4.69) is 10.5 Å². The molecule has 0 aliphatic rings. The molecule has 2 rings (SSSR count). The lowest BCUT2D eigenvalue weighted by atomic mass is 10.0. The number of rotatable bonds is 4. The molecule has 114 valence electrons. The second kappa shape index (κ2) is 6.76. The highest BCUT2D eigenvalue weighted by Crippen LogP contribution is 2.23. The van der Waals surface area contributed by atoms with Crippen LogP contribution in [0.1, 0.15) is 22.3 Å². The Hall–Kier alpha value is -2.82. The Bertz CT molecular complexity index is 724. The average Bonchev–Trinajstić information content (AvgIpc) is 2.47. The molecular formula is C17H18N2O3. The fourth-order valence-electron chi connectivity index (χ4n) is 1.94. The van der Waals surface area contributed by atoms with Crippen LogP contribution >= 0.6 is 0 Å². The summed E-state index contributed by atoms with van der Waals surface area (Å²) in [5.74, 6) is -0.649. The maximum atomic E-state index is 11.8. The van der Waals surface area contributed by atoms with Gasteiger partial charge < -0.3 is 10.2 Å². The predicted octanol–water partition coefficient (Wildman–Crippen LogP) is 2.41. The number of nitrogens with one attached hydrogen (secondary N) is 1. The lowest BCUT2D eigenvalue weighted by molar-refractivity contribution is -0.120. The first-order valence-corrected chi connectivity index (χ1v) is 6.85. The van der Waals surface area contributed by atoms with Gasteiger partial charge in [0.2, 0.25) is 5.91 Å². The summed E-state index contributed by atoms with van der Waals surface area (Å²) in [6, 6.07) is 10.2. The maximum Gasteiger partial charge on any atom is 0.244 e. The van der Waals surface area contributed by atoms with E-state index < -0.39 is 0 Å². The van der Waals surface area contributed by atoms with Crippen molar-refractivity contribution in [2.75, 3.05) is 0 Å². The summed E-state index contributed by atoms with van der Waals surface area (Å²) in [6.45, 7) is 4.03. The molecule has 0 aliphatic carbocycles. The van der Waals surface area contributed by atoms with Crippen LogP contribution in [0.4, 0.5) is 0 Å². The van der Waals surface area contributed by atoms with E-state index >= 15 is 0 Å². The van der Waals surface area contributed by atoms with Gasteiger partial charge in [-0.3, -0.25) is 4.79 Å². The summed E-state index contributed by atoms with van der Waals surface area (Å²) < 4.78 is 0. The Balaban J connectivity index is 1.93. The first-order chi connectivity index (χ1) is 10.5. The zero-order valence-corrected chi connectivity index (χ0v) is 12.5. The molecule has 0 bridgehead atoms. The van der Waals surface area contributed by atoms with Gasteiger partial charge in [0.25, 0.3) is 0 Å². The van der Waals surface area contributed by atoms with Gasteiger partial charge in [-0.25, -0.2) is 5.43 Å². The topological polar surface area (TPSA) is 81.9 Å². The Kier molecular flexibility index (Phi) is 4.78. The summed E-state index contributed by atoms with van der Waals surface area (Å²) in [7, 11) is 0. The molecule has 0 aromatic heterocycles. The molecule has 1 amide bonds. The minimum atomic E-state index is -0.231. The van der Waals surface area contributed by atoms with E-state index in [0.717, 1.165) is 11.1 Å². The Labute approximate surface area is 128 Å². The molecular weight excluding hydrogens is 280 g/mol. The van der Waals surface area contributed by atoms with Gasteiger partial charge in [-0.2, -0.15) is 5.10 Å².